The Morgan fingerprint density at radius 3 is 2.36 bits per heavy atom. The standard InChI is InChI=1S/C36H50O5S/c1-3-4-7-22-42(39,40)23-8-5-6-21-41-29-13-9-26(10-14-29)31-25-34(2)35(17-19-36(34,38)20-18-35)32-16-11-27-24-28(37)12-15-30(27)33(31)32/h9-10,12-15,24,31-33,37-38H,3-8,11,16-23,25H2,1-2H3/t31-,32-,33+,34+,35?,36?/m1/s1. The Hall–Kier alpha value is -2.05. The molecule has 0 amide bonds. The van der Waals surface area contributed by atoms with Gasteiger partial charge in [-0.15, -0.1) is 0 Å². The number of aryl methyl sites for hydroxylation is 1. The first-order chi connectivity index (χ1) is 20.1. The maximum Gasteiger partial charge on any atom is 0.150 e. The summed E-state index contributed by atoms with van der Waals surface area (Å²) in [7, 11) is -2.92. The van der Waals surface area contributed by atoms with E-state index in [-0.39, 0.29) is 16.6 Å². The monoisotopic (exact) mass is 594 g/mol. The first kappa shape index (κ1) is 30.0. The van der Waals surface area contributed by atoms with Crippen molar-refractivity contribution in [3.8, 4) is 11.5 Å². The van der Waals surface area contributed by atoms with E-state index in [2.05, 4.69) is 44.2 Å². The van der Waals surface area contributed by atoms with Gasteiger partial charge in [0.2, 0.25) is 0 Å². The van der Waals surface area contributed by atoms with E-state index in [1.807, 2.05) is 12.1 Å². The summed E-state index contributed by atoms with van der Waals surface area (Å²) in [6.07, 6.45) is 12.5. The molecule has 0 unspecified atom stereocenters. The van der Waals surface area contributed by atoms with Gasteiger partial charge in [0.05, 0.1) is 23.7 Å². The molecule has 0 radical (unpaired) electrons. The van der Waals surface area contributed by atoms with Crippen molar-refractivity contribution >= 4 is 9.84 Å². The zero-order valence-electron chi connectivity index (χ0n) is 25.6. The highest BCUT2D eigenvalue weighted by Crippen LogP contribution is 2.79. The van der Waals surface area contributed by atoms with Crippen molar-refractivity contribution in [2.24, 2.45) is 16.7 Å². The van der Waals surface area contributed by atoms with Gasteiger partial charge < -0.3 is 14.9 Å². The third-order valence-electron chi connectivity index (χ3n) is 12.2. The minimum atomic E-state index is -2.92. The van der Waals surface area contributed by atoms with E-state index in [0.29, 0.717) is 42.3 Å². The van der Waals surface area contributed by atoms with Gasteiger partial charge in [-0.25, -0.2) is 8.42 Å². The van der Waals surface area contributed by atoms with Crippen molar-refractivity contribution in [1.82, 2.24) is 0 Å². The van der Waals surface area contributed by atoms with Crippen LogP contribution in [0.5, 0.6) is 11.5 Å². The maximum absolute atomic E-state index is 12.2. The fourth-order valence-corrected chi connectivity index (χ4v) is 11.5. The highest BCUT2D eigenvalue weighted by Gasteiger charge is 2.74. The molecule has 0 saturated heterocycles. The van der Waals surface area contributed by atoms with Crippen LogP contribution < -0.4 is 4.74 Å². The maximum atomic E-state index is 12.2. The molecule has 230 valence electrons. The number of unbranched alkanes of at least 4 members (excludes halogenated alkanes) is 4. The van der Waals surface area contributed by atoms with Crippen LogP contribution in [-0.4, -0.2) is 42.3 Å². The highest BCUT2D eigenvalue weighted by molar-refractivity contribution is 7.91. The van der Waals surface area contributed by atoms with Crippen molar-refractivity contribution in [2.45, 2.75) is 115 Å². The molecule has 2 N–H and O–H groups in total. The van der Waals surface area contributed by atoms with E-state index in [1.165, 1.54) is 16.7 Å². The lowest BCUT2D eigenvalue weighted by molar-refractivity contribution is -0.108. The number of phenolic OH excluding ortho intramolecular Hbond substituents is 1. The summed E-state index contributed by atoms with van der Waals surface area (Å²) in [4.78, 5) is 0. The number of aliphatic hydroxyl groups is 1. The first-order valence-electron chi connectivity index (χ1n) is 16.6. The summed E-state index contributed by atoms with van der Waals surface area (Å²) >= 11 is 0. The zero-order valence-corrected chi connectivity index (χ0v) is 26.4. The molecule has 6 heteroatoms. The number of hydrogen-bond donors (Lipinski definition) is 2. The summed E-state index contributed by atoms with van der Waals surface area (Å²) < 4.78 is 30.4. The largest absolute Gasteiger partial charge is 0.508 e. The minimum Gasteiger partial charge on any atom is -0.508 e. The van der Waals surface area contributed by atoms with Crippen LogP contribution in [0.25, 0.3) is 0 Å². The van der Waals surface area contributed by atoms with Gasteiger partial charge in [-0.1, -0.05) is 44.9 Å². The Kier molecular flexibility index (Phi) is 8.19. The molecule has 2 bridgehead atoms. The summed E-state index contributed by atoms with van der Waals surface area (Å²) in [5.41, 5.74) is 3.60. The van der Waals surface area contributed by atoms with E-state index < -0.39 is 15.4 Å². The fourth-order valence-electron chi connectivity index (χ4n) is 9.98. The number of ether oxygens (including phenoxy) is 1. The average molecular weight is 595 g/mol. The van der Waals surface area contributed by atoms with Gasteiger partial charge in [0.15, 0.2) is 0 Å². The lowest BCUT2D eigenvalue weighted by Crippen LogP contribution is -2.54. The molecular weight excluding hydrogens is 544 g/mol. The summed E-state index contributed by atoms with van der Waals surface area (Å²) in [5.74, 6) is 3.07. The summed E-state index contributed by atoms with van der Waals surface area (Å²) in [6.45, 7) is 5.08. The molecule has 0 aliphatic heterocycles. The van der Waals surface area contributed by atoms with Crippen LogP contribution in [-0.2, 0) is 16.3 Å². The lowest BCUT2D eigenvalue weighted by atomic mass is 9.45. The Morgan fingerprint density at radius 2 is 1.64 bits per heavy atom. The molecule has 6 rings (SSSR count). The number of fused-ring (bicyclic) bond motifs is 3. The van der Waals surface area contributed by atoms with Gasteiger partial charge in [0.25, 0.3) is 0 Å². The first-order valence-corrected chi connectivity index (χ1v) is 18.4. The minimum absolute atomic E-state index is 0.0705. The number of rotatable bonds is 12. The zero-order chi connectivity index (χ0) is 29.6. The van der Waals surface area contributed by atoms with Crippen LogP contribution in [0.2, 0.25) is 0 Å². The van der Waals surface area contributed by atoms with E-state index in [1.54, 1.807) is 0 Å². The van der Waals surface area contributed by atoms with Gasteiger partial charge in [0.1, 0.15) is 21.3 Å². The predicted octanol–water partition coefficient (Wildman–Crippen LogP) is 7.69. The third kappa shape index (κ3) is 5.08. The van der Waals surface area contributed by atoms with Gasteiger partial charge in [-0.2, -0.15) is 0 Å². The van der Waals surface area contributed by atoms with Crippen molar-refractivity contribution in [3.05, 3.63) is 59.2 Å². The van der Waals surface area contributed by atoms with Crippen LogP contribution >= 0.6 is 0 Å². The number of benzene rings is 2. The second-order valence-corrected chi connectivity index (χ2v) is 16.5. The fraction of sp³-hybridized carbons (Fsp3) is 0.667. The van der Waals surface area contributed by atoms with Crippen LogP contribution in [0.4, 0.5) is 0 Å². The third-order valence-corrected chi connectivity index (χ3v) is 14.1. The molecule has 4 atom stereocenters. The molecule has 42 heavy (non-hydrogen) atoms. The molecule has 4 aliphatic carbocycles. The number of aromatic hydroxyl groups is 1. The molecule has 0 spiro atoms. The molecule has 2 aromatic carbocycles. The van der Waals surface area contributed by atoms with Crippen molar-refractivity contribution in [1.29, 1.82) is 0 Å². The average Bonchev–Trinajstić information content (AvgIpc) is 3.34. The topological polar surface area (TPSA) is 83.8 Å². The highest BCUT2D eigenvalue weighted by atomic mass is 32.2. The molecular formula is C36H50O5S. The van der Waals surface area contributed by atoms with Gasteiger partial charge in [0, 0.05) is 5.41 Å². The van der Waals surface area contributed by atoms with Gasteiger partial charge in [-0.3, -0.25) is 0 Å². The van der Waals surface area contributed by atoms with E-state index >= 15 is 0 Å². The molecule has 0 heterocycles. The van der Waals surface area contributed by atoms with Crippen LogP contribution in [0.1, 0.15) is 119 Å². The Bertz CT molecular complexity index is 1360. The molecule has 5 nitrogen and oxygen atoms in total. The Labute approximate surface area is 253 Å². The second kappa shape index (κ2) is 11.5. The molecule has 4 aliphatic rings. The summed E-state index contributed by atoms with van der Waals surface area (Å²) in [6, 6.07) is 14.7. The Balaban J connectivity index is 1.13. The van der Waals surface area contributed by atoms with E-state index in [4.69, 9.17) is 4.74 Å². The van der Waals surface area contributed by atoms with Gasteiger partial charge in [-0.05, 0) is 135 Å². The molecule has 2 aromatic rings. The number of phenols is 1. The van der Waals surface area contributed by atoms with Crippen LogP contribution in [0.15, 0.2) is 42.5 Å². The van der Waals surface area contributed by atoms with Crippen molar-refractivity contribution in [3.63, 3.8) is 0 Å². The number of sulfone groups is 1. The molecule has 3 fully saturated rings. The van der Waals surface area contributed by atoms with Crippen LogP contribution in [0, 0.1) is 16.7 Å². The smallest absolute Gasteiger partial charge is 0.150 e. The van der Waals surface area contributed by atoms with Crippen molar-refractivity contribution < 1.29 is 23.4 Å². The number of hydrogen-bond acceptors (Lipinski definition) is 5. The summed E-state index contributed by atoms with van der Waals surface area (Å²) in [5, 5.41) is 22.1. The lowest BCUT2D eigenvalue weighted by Gasteiger charge is -2.59. The molecule has 3 saturated carbocycles. The van der Waals surface area contributed by atoms with Crippen LogP contribution in [0.3, 0.4) is 0 Å². The van der Waals surface area contributed by atoms with E-state index in [9.17, 15) is 18.6 Å². The SMILES string of the molecule is CCCCCS(=O)(=O)CCCCCOc1ccc([C@H]2C[C@]3(C)C4(O)CCC3(CC4)[C@@H]3CCc4cc(O)ccc4[C@@H]23)cc1. The van der Waals surface area contributed by atoms with E-state index in [0.717, 1.165) is 82.8 Å². The quantitative estimate of drug-likeness (QED) is 0.246. The van der Waals surface area contributed by atoms with Gasteiger partial charge >= 0.3 is 0 Å². The second-order valence-electron chi connectivity index (χ2n) is 14.2. The Morgan fingerprint density at radius 1 is 0.929 bits per heavy atom. The van der Waals surface area contributed by atoms with Crippen molar-refractivity contribution in [2.75, 3.05) is 18.1 Å². The normalized spacial score (nSPS) is 33.2. The molecule has 0 aromatic heterocycles. The predicted molar refractivity (Wildman–Crippen MR) is 168 cm³/mol.